The number of hydrogen-bond acceptors (Lipinski definition) is 8. The van der Waals surface area contributed by atoms with E-state index >= 15 is 0 Å². The number of nitrogens with one attached hydrogen (secondary N) is 3. The van der Waals surface area contributed by atoms with Crippen molar-refractivity contribution in [2.24, 2.45) is 11.7 Å². The number of carbonyl (C=O) groups is 4. The molecule has 0 saturated heterocycles. The van der Waals surface area contributed by atoms with Gasteiger partial charge >= 0.3 is 5.97 Å². The van der Waals surface area contributed by atoms with Crippen molar-refractivity contribution in [3.8, 4) is 0 Å². The zero-order valence-electron chi connectivity index (χ0n) is 17.0. The molecule has 0 radical (unpaired) electrons. The number of amides is 3. The molecule has 0 saturated carbocycles. The van der Waals surface area contributed by atoms with Crippen LogP contribution in [0, 0.1) is 5.92 Å². The maximum atomic E-state index is 12.6. The molecule has 0 aliphatic carbocycles. The average Bonchev–Trinajstić information content (AvgIpc) is 2.65. The number of thioether (sulfide) groups is 1. The SMILES string of the molecule is CSCCC(NC(=O)C(NC(=O)C(NC(=O)C(N)CO)C(C)O)C(C)C)C(=O)O. The first kappa shape index (κ1) is 27.1. The third-order valence-corrected chi connectivity index (χ3v) is 4.71. The van der Waals surface area contributed by atoms with E-state index in [0.717, 1.165) is 0 Å². The Morgan fingerprint density at radius 1 is 0.966 bits per heavy atom. The molecule has 0 fully saturated rings. The Hall–Kier alpha value is -1.89. The van der Waals surface area contributed by atoms with Gasteiger partial charge in [-0.2, -0.15) is 11.8 Å². The summed E-state index contributed by atoms with van der Waals surface area (Å²) < 4.78 is 0. The predicted molar refractivity (Wildman–Crippen MR) is 108 cm³/mol. The number of aliphatic hydroxyl groups is 2. The van der Waals surface area contributed by atoms with E-state index in [2.05, 4.69) is 16.0 Å². The van der Waals surface area contributed by atoms with Gasteiger partial charge in [-0.1, -0.05) is 13.8 Å². The minimum Gasteiger partial charge on any atom is -0.480 e. The van der Waals surface area contributed by atoms with Gasteiger partial charge in [-0.05, 0) is 31.3 Å². The van der Waals surface area contributed by atoms with Crippen LogP contribution in [0.25, 0.3) is 0 Å². The van der Waals surface area contributed by atoms with E-state index in [9.17, 15) is 29.4 Å². The van der Waals surface area contributed by atoms with Gasteiger partial charge in [0.2, 0.25) is 17.7 Å². The van der Waals surface area contributed by atoms with Crippen LogP contribution in [0.3, 0.4) is 0 Å². The van der Waals surface area contributed by atoms with E-state index in [4.69, 9.17) is 10.8 Å². The number of carboxylic acids is 1. The lowest BCUT2D eigenvalue weighted by atomic mass is 10.0. The van der Waals surface area contributed by atoms with Crippen LogP contribution < -0.4 is 21.7 Å². The maximum Gasteiger partial charge on any atom is 0.326 e. The van der Waals surface area contributed by atoms with E-state index in [1.807, 2.05) is 6.26 Å². The molecule has 0 aromatic heterocycles. The van der Waals surface area contributed by atoms with Gasteiger partial charge in [0.15, 0.2) is 0 Å². The van der Waals surface area contributed by atoms with Gasteiger partial charge in [0.25, 0.3) is 0 Å². The number of hydrogen-bond donors (Lipinski definition) is 7. The maximum absolute atomic E-state index is 12.6. The lowest BCUT2D eigenvalue weighted by molar-refractivity contribution is -0.142. The minimum absolute atomic E-state index is 0.215. The molecule has 12 heteroatoms. The lowest BCUT2D eigenvalue weighted by Crippen LogP contribution is -2.61. The molecule has 168 valence electrons. The fraction of sp³-hybridized carbons (Fsp3) is 0.765. The Bertz CT molecular complexity index is 574. The first-order valence-corrected chi connectivity index (χ1v) is 10.5. The molecule has 8 N–H and O–H groups in total. The highest BCUT2D eigenvalue weighted by atomic mass is 32.2. The Balaban J connectivity index is 5.27. The zero-order chi connectivity index (χ0) is 22.7. The van der Waals surface area contributed by atoms with Crippen molar-refractivity contribution in [3.63, 3.8) is 0 Å². The molecule has 29 heavy (non-hydrogen) atoms. The summed E-state index contributed by atoms with van der Waals surface area (Å²) in [5.74, 6) is -3.45. The monoisotopic (exact) mass is 436 g/mol. The molecule has 0 rings (SSSR count). The molecular formula is C17H32N4O7S. The fourth-order valence-electron chi connectivity index (χ4n) is 2.28. The zero-order valence-corrected chi connectivity index (χ0v) is 17.9. The number of carbonyl (C=O) groups excluding carboxylic acids is 3. The van der Waals surface area contributed by atoms with E-state index in [1.165, 1.54) is 18.7 Å². The molecule has 0 aliphatic heterocycles. The van der Waals surface area contributed by atoms with Crippen LogP contribution in [0.1, 0.15) is 27.2 Å². The van der Waals surface area contributed by atoms with Crippen molar-refractivity contribution in [1.82, 2.24) is 16.0 Å². The summed E-state index contributed by atoms with van der Waals surface area (Å²) in [5, 5.41) is 35.1. The van der Waals surface area contributed by atoms with Crippen LogP contribution in [-0.4, -0.2) is 87.9 Å². The summed E-state index contributed by atoms with van der Waals surface area (Å²) in [7, 11) is 0. The first-order chi connectivity index (χ1) is 13.5. The number of aliphatic hydroxyl groups excluding tert-OH is 2. The summed E-state index contributed by atoms with van der Waals surface area (Å²) in [5.41, 5.74) is 5.39. The molecule has 0 heterocycles. The number of carboxylic acid groups (broad SMARTS) is 1. The van der Waals surface area contributed by atoms with Crippen molar-refractivity contribution in [3.05, 3.63) is 0 Å². The molecule has 0 aromatic rings. The molecule has 5 atom stereocenters. The van der Waals surface area contributed by atoms with Crippen LogP contribution in [0.4, 0.5) is 0 Å². The molecule has 0 bridgehead atoms. The number of aliphatic carboxylic acids is 1. The molecule has 3 amide bonds. The topological polar surface area (TPSA) is 191 Å². The first-order valence-electron chi connectivity index (χ1n) is 9.13. The second-order valence-electron chi connectivity index (χ2n) is 6.93. The number of rotatable bonds is 13. The van der Waals surface area contributed by atoms with Crippen molar-refractivity contribution in [2.45, 2.75) is 57.5 Å². The van der Waals surface area contributed by atoms with Gasteiger partial charge in [-0.3, -0.25) is 14.4 Å². The summed E-state index contributed by atoms with van der Waals surface area (Å²) >= 11 is 1.44. The molecule has 0 spiro atoms. The summed E-state index contributed by atoms with van der Waals surface area (Å²) in [6, 6.07) is -4.90. The average molecular weight is 437 g/mol. The number of nitrogens with two attached hydrogens (primary N) is 1. The highest BCUT2D eigenvalue weighted by Crippen LogP contribution is 2.07. The van der Waals surface area contributed by atoms with Gasteiger partial charge < -0.3 is 37.0 Å². The largest absolute Gasteiger partial charge is 0.480 e. The van der Waals surface area contributed by atoms with E-state index in [0.29, 0.717) is 5.75 Å². The van der Waals surface area contributed by atoms with E-state index in [-0.39, 0.29) is 6.42 Å². The van der Waals surface area contributed by atoms with Crippen LogP contribution in [0.2, 0.25) is 0 Å². The van der Waals surface area contributed by atoms with Crippen LogP contribution in [0.15, 0.2) is 0 Å². The highest BCUT2D eigenvalue weighted by Gasteiger charge is 2.33. The van der Waals surface area contributed by atoms with Crippen molar-refractivity contribution >= 4 is 35.5 Å². The Labute approximate surface area is 174 Å². The second kappa shape index (κ2) is 13.4. The molecule has 0 aromatic carbocycles. The third-order valence-electron chi connectivity index (χ3n) is 4.07. The summed E-state index contributed by atoms with van der Waals surface area (Å²) in [6.45, 7) is 3.92. The van der Waals surface area contributed by atoms with Gasteiger partial charge in [-0.25, -0.2) is 4.79 Å². The summed E-state index contributed by atoms with van der Waals surface area (Å²) in [6.07, 6.45) is 0.714. The van der Waals surface area contributed by atoms with Crippen molar-refractivity contribution in [1.29, 1.82) is 0 Å². The van der Waals surface area contributed by atoms with Crippen LogP contribution in [0.5, 0.6) is 0 Å². The van der Waals surface area contributed by atoms with Crippen LogP contribution in [-0.2, 0) is 19.2 Å². The van der Waals surface area contributed by atoms with Crippen molar-refractivity contribution < 1.29 is 34.5 Å². The smallest absolute Gasteiger partial charge is 0.326 e. The van der Waals surface area contributed by atoms with Gasteiger partial charge in [0.1, 0.15) is 24.2 Å². The second-order valence-corrected chi connectivity index (χ2v) is 7.91. The quantitative estimate of drug-likeness (QED) is 0.165. The van der Waals surface area contributed by atoms with Gasteiger partial charge in [-0.15, -0.1) is 0 Å². The molecular weight excluding hydrogens is 404 g/mol. The molecule has 11 nitrogen and oxygen atoms in total. The third kappa shape index (κ3) is 9.43. The van der Waals surface area contributed by atoms with Gasteiger partial charge in [0.05, 0.1) is 12.7 Å². The Morgan fingerprint density at radius 2 is 1.48 bits per heavy atom. The Kier molecular flexibility index (Phi) is 12.5. The molecule has 0 aliphatic rings. The standard InChI is InChI=1S/C17H32N4O7S/c1-8(2)12(15(25)19-11(17(27)28)5-6-29-4)20-16(26)13(9(3)23)21-14(24)10(18)7-22/h8-13,22-23H,5-7,18H2,1-4H3,(H,19,25)(H,20,26)(H,21,24)(H,27,28). The van der Waals surface area contributed by atoms with Crippen molar-refractivity contribution in [2.75, 3.05) is 18.6 Å². The Morgan fingerprint density at radius 3 is 1.90 bits per heavy atom. The minimum atomic E-state index is -1.42. The van der Waals surface area contributed by atoms with Gasteiger partial charge in [0, 0.05) is 0 Å². The molecule has 5 unspecified atom stereocenters. The van der Waals surface area contributed by atoms with E-state index < -0.39 is 66.5 Å². The predicted octanol–water partition coefficient (Wildman–Crippen LogP) is -2.37. The highest BCUT2D eigenvalue weighted by molar-refractivity contribution is 7.98. The van der Waals surface area contributed by atoms with Crippen LogP contribution >= 0.6 is 11.8 Å². The van der Waals surface area contributed by atoms with E-state index in [1.54, 1.807) is 13.8 Å². The lowest BCUT2D eigenvalue weighted by Gasteiger charge is -2.28. The summed E-state index contributed by atoms with van der Waals surface area (Å²) in [4.78, 5) is 48.3. The fourth-order valence-corrected chi connectivity index (χ4v) is 2.75. The normalized spacial score (nSPS) is 16.3.